The largest absolute Gasteiger partial charge is 0.463 e. The lowest BCUT2D eigenvalue weighted by molar-refractivity contribution is 0.0587. The second kappa shape index (κ2) is 5.88. The van der Waals surface area contributed by atoms with E-state index in [1.54, 1.807) is 12.3 Å². The standard InChI is InChI=1S/C15H13N3O2/c1-4-12(16-5-2)10-6-7-11-9-17-14(15(19)20-3)18-13(11)8-10/h4-9H,1-2H2,3H3. The Morgan fingerprint density at radius 2 is 2.20 bits per heavy atom. The van der Waals surface area contributed by atoms with Crippen LogP contribution >= 0.6 is 0 Å². The molecule has 0 saturated heterocycles. The van der Waals surface area contributed by atoms with Crippen molar-refractivity contribution in [2.24, 2.45) is 4.99 Å². The highest BCUT2D eigenvalue weighted by Gasteiger charge is 2.10. The number of nitrogens with zero attached hydrogens (tertiary/aromatic N) is 3. The van der Waals surface area contributed by atoms with Crippen LogP contribution in [0.1, 0.15) is 16.2 Å². The average molecular weight is 267 g/mol. The Morgan fingerprint density at radius 3 is 2.85 bits per heavy atom. The van der Waals surface area contributed by atoms with Gasteiger partial charge < -0.3 is 4.74 Å². The summed E-state index contributed by atoms with van der Waals surface area (Å²) >= 11 is 0. The van der Waals surface area contributed by atoms with Crippen LogP contribution in [0, 0.1) is 0 Å². The molecule has 0 aliphatic carbocycles. The molecule has 20 heavy (non-hydrogen) atoms. The Hall–Kier alpha value is -2.82. The Balaban J connectivity index is 2.56. The van der Waals surface area contributed by atoms with Crippen LogP contribution in [0.4, 0.5) is 0 Å². The van der Waals surface area contributed by atoms with Gasteiger partial charge in [0.05, 0.1) is 18.3 Å². The van der Waals surface area contributed by atoms with E-state index in [2.05, 4.69) is 32.9 Å². The number of aliphatic imine (C=N–C) groups is 1. The number of methoxy groups -OCH3 is 1. The van der Waals surface area contributed by atoms with Gasteiger partial charge in [0, 0.05) is 23.3 Å². The van der Waals surface area contributed by atoms with Gasteiger partial charge in [0.15, 0.2) is 0 Å². The molecule has 0 aliphatic rings. The maximum absolute atomic E-state index is 11.4. The van der Waals surface area contributed by atoms with E-state index in [1.165, 1.54) is 13.3 Å². The predicted molar refractivity (Wildman–Crippen MR) is 77.8 cm³/mol. The summed E-state index contributed by atoms with van der Waals surface area (Å²) < 4.78 is 4.61. The Morgan fingerprint density at radius 1 is 1.40 bits per heavy atom. The molecular formula is C15H13N3O2. The molecule has 2 rings (SSSR count). The van der Waals surface area contributed by atoms with Crippen molar-refractivity contribution in [1.29, 1.82) is 0 Å². The quantitative estimate of drug-likeness (QED) is 0.630. The predicted octanol–water partition coefficient (Wildman–Crippen LogP) is 2.54. The molecule has 0 bridgehead atoms. The van der Waals surface area contributed by atoms with Gasteiger partial charge >= 0.3 is 5.97 Å². The lowest BCUT2D eigenvalue weighted by Gasteiger charge is -2.04. The van der Waals surface area contributed by atoms with Crippen LogP contribution in [-0.2, 0) is 4.74 Å². The molecule has 1 aromatic carbocycles. The normalized spacial score (nSPS) is 11.2. The van der Waals surface area contributed by atoms with Gasteiger partial charge in [0.1, 0.15) is 0 Å². The Bertz CT molecular complexity index is 720. The number of carbonyl (C=O) groups is 1. The molecule has 5 nitrogen and oxygen atoms in total. The third-order valence-corrected chi connectivity index (χ3v) is 2.67. The van der Waals surface area contributed by atoms with Gasteiger partial charge in [-0.1, -0.05) is 25.3 Å². The van der Waals surface area contributed by atoms with Gasteiger partial charge in [-0.25, -0.2) is 14.8 Å². The molecule has 0 radical (unpaired) electrons. The smallest absolute Gasteiger partial charge is 0.376 e. The number of ether oxygens (including phenoxy) is 1. The number of carbonyl (C=O) groups excluding carboxylic acids is 1. The number of fused-ring (bicyclic) bond motifs is 1. The van der Waals surface area contributed by atoms with Crippen molar-refractivity contribution in [2.45, 2.75) is 0 Å². The van der Waals surface area contributed by atoms with Crippen molar-refractivity contribution in [1.82, 2.24) is 9.97 Å². The third-order valence-electron chi connectivity index (χ3n) is 2.67. The number of esters is 1. The summed E-state index contributed by atoms with van der Waals surface area (Å²) in [6.45, 7) is 7.27. The Labute approximate surface area is 116 Å². The fourth-order valence-electron chi connectivity index (χ4n) is 1.72. The van der Waals surface area contributed by atoms with Crippen molar-refractivity contribution in [3.8, 4) is 0 Å². The van der Waals surface area contributed by atoms with Crippen LogP contribution in [0.15, 0.2) is 54.8 Å². The van der Waals surface area contributed by atoms with E-state index in [0.717, 1.165) is 10.9 Å². The van der Waals surface area contributed by atoms with Crippen LogP contribution in [0.2, 0.25) is 0 Å². The summed E-state index contributed by atoms with van der Waals surface area (Å²) in [5.74, 6) is -0.543. The minimum Gasteiger partial charge on any atom is -0.463 e. The van der Waals surface area contributed by atoms with E-state index in [1.807, 2.05) is 18.2 Å². The zero-order valence-electron chi connectivity index (χ0n) is 11.0. The van der Waals surface area contributed by atoms with E-state index in [0.29, 0.717) is 11.2 Å². The zero-order chi connectivity index (χ0) is 14.5. The van der Waals surface area contributed by atoms with Crippen LogP contribution in [0.3, 0.4) is 0 Å². The minimum atomic E-state index is -0.569. The maximum atomic E-state index is 11.4. The van der Waals surface area contributed by atoms with Gasteiger partial charge in [0.25, 0.3) is 0 Å². The number of hydrogen-bond donors (Lipinski definition) is 0. The lowest BCUT2D eigenvalue weighted by Crippen LogP contribution is -2.07. The fourth-order valence-corrected chi connectivity index (χ4v) is 1.72. The number of hydrogen-bond acceptors (Lipinski definition) is 5. The van der Waals surface area contributed by atoms with Crippen molar-refractivity contribution < 1.29 is 9.53 Å². The van der Waals surface area contributed by atoms with Crippen molar-refractivity contribution in [3.63, 3.8) is 0 Å². The molecule has 0 unspecified atom stereocenters. The molecule has 0 fully saturated rings. The molecule has 0 aliphatic heterocycles. The van der Waals surface area contributed by atoms with Crippen LogP contribution < -0.4 is 0 Å². The first-order valence-corrected chi connectivity index (χ1v) is 5.86. The number of allylic oxidation sites excluding steroid dienone is 1. The molecule has 1 heterocycles. The summed E-state index contributed by atoms with van der Waals surface area (Å²) in [5, 5.41) is 0.823. The molecule has 0 spiro atoms. The van der Waals surface area contributed by atoms with E-state index < -0.39 is 5.97 Å². The molecule has 0 amide bonds. The van der Waals surface area contributed by atoms with Gasteiger partial charge in [0.2, 0.25) is 5.82 Å². The molecule has 5 heteroatoms. The lowest BCUT2D eigenvalue weighted by atomic mass is 10.1. The fraction of sp³-hybridized carbons (Fsp3) is 0.0667. The molecule has 0 N–H and O–H groups in total. The molecule has 100 valence electrons. The van der Waals surface area contributed by atoms with Gasteiger partial charge in [-0.05, 0) is 12.1 Å². The summed E-state index contributed by atoms with van der Waals surface area (Å²) in [6, 6.07) is 5.55. The highest BCUT2D eigenvalue weighted by molar-refractivity contribution is 6.10. The first-order chi connectivity index (χ1) is 9.69. The van der Waals surface area contributed by atoms with Crippen LogP contribution in [-0.4, -0.2) is 28.8 Å². The second-order valence-corrected chi connectivity index (χ2v) is 3.86. The van der Waals surface area contributed by atoms with Gasteiger partial charge in [-0.15, -0.1) is 0 Å². The highest BCUT2D eigenvalue weighted by Crippen LogP contribution is 2.15. The highest BCUT2D eigenvalue weighted by atomic mass is 16.5. The van der Waals surface area contributed by atoms with E-state index in [-0.39, 0.29) is 5.82 Å². The molecule has 0 saturated carbocycles. The first-order valence-electron chi connectivity index (χ1n) is 5.86. The molecule has 0 atom stereocenters. The van der Waals surface area contributed by atoms with Gasteiger partial charge in [-0.3, -0.25) is 4.99 Å². The topological polar surface area (TPSA) is 64.4 Å². The molecular weight excluding hydrogens is 254 g/mol. The summed E-state index contributed by atoms with van der Waals surface area (Å²) in [4.78, 5) is 23.7. The van der Waals surface area contributed by atoms with E-state index in [9.17, 15) is 4.79 Å². The van der Waals surface area contributed by atoms with Crippen molar-refractivity contribution in [3.05, 3.63) is 61.2 Å². The minimum absolute atomic E-state index is 0.0259. The van der Waals surface area contributed by atoms with E-state index >= 15 is 0 Å². The number of aromatic nitrogens is 2. The summed E-state index contributed by atoms with van der Waals surface area (Å²) in [7, 11) is 1.29. The van der Waals surface area contributed by atoms with Crippen LogP contribution in [0.5, 0.6) is 0 Å². The number of rotatable bonds is 4. The van der Waals surface area contributed by atoms with Crippen molar-refractivity contribution >= 4 is 22.6 Å². The van der Waals surface area contributed by atoms with Crippen LogP contribution in [0.25, 0.3) is 10.9 Å². The zero-order valence-corrected chi connectivity index (χ0v) is 11.0. The van der Waals surface area contributed by atoms with Gasteiger partial charge in [-0.2, -0.15) is 0 Å². The SMILES string of the molecule is C=CN=C(C=C)c1ccc2cnc(C(=O)OC)nc2c1. The third kappa shape index (κ3) is 2.61. The first kappa shape index (κ1) is 13.6. The Kier molecular flexibility index (Phi) is 4.00. The molecule has 2 aromatic rings. The molecule has 1 aromatic heterocycles. The summed E-state index contributed by atoms with van der Waals surface area (Å²) in [5.41, 5.74) is 2.15. The monoisotopic (exact) mass is 267 g/mol. The maximum Gasteiger partial charge on any atom is 0.376 e. The van der Waals surface area contributed by atoms with E-state index in [4.69, 9.17) is 0 Å². The number of benzene rings is 1. The van der Waals surface area contributed by atoms with Crippen molar-refractivity contribution in [2.75, 3.05) is 7.11 Å². The second-order valence-electron chi connectivity index (χ2n) is 3.86. The summed E-state index contributed by atoms with van der Waals surface area (Å²) in [6.07, 6.45) is 4.66. The average Bonchev–Trinajstić information content (AvgIpc) is 2.50.